The maximum atomic E-state index is 3.80. The van der Waals surface area contributed by atoms with Gasteiger partial charge in [0.05, 0.1) is 0 Å². The maximum absolute atomic E-state index is 3.80. The van der Waals surface area contributed by atoms with Crippen LogP contribution in [0, 0.1) is 0 Å². The molecule has 102 valence electrons. The summed E-state index contributed by atoms with van der Waals surface area (Å²) in [5, 5.41) is 4.68. The van der Waals surface area contributed by atoms with E-state index in [1.54, 1.807) is 0 Å². The van der Waals surface area contributed by atoms with Gasteiger partial charge in [-0.3, -0.25) is 0 Å². The van der Waals surface area contributed by atoms with Crippen LogP contribution in [0.5, 0.6) is 0 Å². The lowest BCUT2D eigenvalue weighted by Crippen LogP contribution is -2.39. The topological polar surface area (TPSA) is 12.0 Å². The van der Waals surface area contributed by atoms with Gasteiger partial charge < -0.3 is 5.32 Å². The Bertz CT molecular complexity index is 170. The van der Waals surface area contributed by atoms with Crippen molar-refractivity contribution >= 4 is 11.8 Å². The number of rotatable bonds is 7. The lowest BCUT2D eigenvalue weighted by Gasteiger charge is -2.30. The van der Waals surface area contributed by atoms with E-state index in [-0.39, 0.29) is 0 Å². The van der Waals surface area contributed by atoms with E-state index in [4.69, 9.17) is 0 Å². The zero-order valence-corrected chi connectivity index (χ0v) is 12.7. The second-order valence-corrected chi connectivity index (χ2v) is 6.66. The van der Waals surface area contributed by atoms with Crippen LogP contribution < -0.4 is 5.32 Å². The fourth-order valence-corrected chi connectivity index (χ4v) is 4.15. The smallest absolute Gasteiger partial charge is 0.0201 e. The average molecular weight is 257 g/mol. The molecule has 0 spiro atoms. The number of thioether (sulfide) groups is 1. The molecule has 1 aliphatic carbocycles. The molecule has 0 bridgehead atoms. The minimum atomic E-state index is 0.789. The Morgan fingerprint density at radius 3 is 2.47 bits per heavy atom. The summed E-state index contributed by atoms with van der Waals surface area (Å²) in [7, 11) is 0. The van der Waals surface area contributed by atoms with Crippen molar-refractivity contribution in [3.8, 4) is 0 Å². The van der Waals surface area contributed by atoms with E-state index >= 15 is 0 Å². The Morgan fingerprint density at radius 2 is 1.76 bits per heavy atom. The Labute approximate surface area is 113 Å². The zero-order chi connectivity index (χ0) is 12.3. The van der Waals surface area contributed by atoms with Crippen molar-refractivity contribution < 1.29 is 0 Å². The first-order chi connectivity index (χ1) is 8.38. The molecule has 2 unspecified atom stereocenters. The van der Waals surface area contributed by atoms with Gasteiger partial charge in [-0.25, -0.2) is 0 Å². The highest BCUT2D eigenvalue weighted by Gasteiger charge is 2.22. The van der Waals surface area contributed by atoms with Crippen LogP contribution >= 0.6 is 11.8 Å². The molecule has 2 atom stereocenters. The summed E-state index contributed by atoms with van der Waals surface area (Å²) < 4.78 is 0. The van der Waals surface area contributed by atoms with Crippen LogP contribution in [0.2, 0.25) is 0 Å². The molecule has 0 aliphatic heterocycles. The van der Waals surface area contributed by atoms with E-state index in [0.29, 0.717) is 0 Å². The predicted molar refractivity (Wildman–Crippen MR) is 80.9 cm³/mol. The van der Waals surface area contributed by atoms with Crippen molar-refractivity contribution in [2.24, 2.45) is 0 Å². The molecule has 1 rings (SSSR count). The van der Waals surface area contributed by atoms with Gasteiger partial charge in [-0.1, -0.05) is 46.0 Å². The third-order valence-corrected chi connectivity index (χ3v) is 5.21. The van der Waals surface area contributed by atoms with Gasteiger partial charge in [-0.05, 0) is 38.0 Å². The summed E-state index contributed by atoms with van der Waals surface area (Å²) in [4.78, 5) is 0. The van der Waals surface area contributed by atoms with E-state index in [1.165, 1.54) is 70.1 Å². The molecular formula is C15H31NS. The van der Waals surface area contributed by atoms with Crippen molar-refractivity contribution in [3.05, 3.63) is 0 Å². The molecule has 0 radical (unpaired) electrons. The minimum absolute atomic E-state index is 0.789. The van der Waals surface area contributed by atoms with Crippen molar-refractivity contribution in [3.63, 3.8) is 0 Å². The Balaban J connectivity index is 2.37. The van der Waals surface area contributed by atoms with Gasteiger partial charge in [0.1, 0.15) is 0 Å². The lowest BCUT2D eigenvalue weighted by molar-refractivity contribution is 0.400. The number of hydrogen-bond donors (Lipinski definition) is 1. The van der Waals surface area contributed by atoms with Gasteiger partial charge in [0, 0.05) is 11.3 Å². The molecule has 1 N–H and O–H groups in total. The largest absolute Gasteiger partial charge is 0.313 e. The summed E-state index contributed by atoms with van der Waals surface area (Å²) in [5.74, 6) is 1.37. The molecule has 1 fully saturated rings. The van der Waals surface area contributed by atoms with E-state index < -0.39 is 0 Å². The first-order valence-electron chi connectivity index (χ1n) is 7.73. The molecule has 1 nitrogen and oxygen atoms in total. The molecule has 0 aromatic rings. The number of unbranched alkanes of at least 4 members (excludes halogenated alkanes) is 1. The van der Waals surface area contributed by atoms with Gasteiger partial charge in [-0.2, -0.15) is 11.8 Å². The monoisotopic (exact) mass is 257 g/mol. The van der Waals surface area contributed by atoms with Gasteiger partial charge in [0.15, 0.2) is 0 Å². The summed E-state index contributed by atoms with van der Waals surface area (Å²) in [6.45, 7) is 5.77. The van der Waals surface area contributed by atoms with Crippen molar-refractivity contribution in [2.45, 2.75) is 82.9 Å². The Morgan fingerprint density at radius 1 is 1.00 bits per heavy atom. The molecule has 0 amide bonds. The zero-order valence-electron chi connectivity index (χ0n) is 11.8. The molecule has 1 saturated carbocycles. The van der Waals surface area contributed by atoms with Crippen LogP contribution in [0.1, 0.15) is 71.6 Å². The Kier molecular flexibility index (Phi) is 9.27. The lowest BCUT2D eigenvalue weighted by atomic mass is 9.96. The van der Waals surface area contributed by atoms with Crippen LogP contribution in [0.15, 0.2) is 0 Å². The molecule has 0 saturated heterocycles. The van der Waals surface area contributed by atoms with Gasteiger partial charge in [-0.15, -0.1) is 0 Å². The standard InChI is InChI=1S/C15H31NS/c1-3-5-13-17-15-11-9-7-6-8-10-14(15)16-12-4-2/h14-16H,3-13H2,1-2H3. The molecule has 2 heteroatoms. The first kappa shape index (κ1) is 15.4. The normalized spacial score (nSPS) is 26.5. The first-order valence-corrected chi connectivity index (χ1v) is 8.78. The number of hydrogen-bond acceptors (Lipinski definition) is 2. The highest BCUT2D eigenvalue weighted by molar-refractivity contribution is 7.99. The number of nitrogens with one attached hydrogen (secondary N) is 1. The van der Waals surface area contributed by atoms with Crippen molar-refractivity contribution in [1.29, 1.82) is 0 Å². The summed E-state index contributed by atoms with van der Waals surface area (Å²) in [5.41, 5.74) is 0. The van der Waals surface area contributed by atoms with Crippen LogP contribution in [0.3, 0.4) is 0 Å². The summed E-state index contributed by atoms with van der Waals surface area (Å²) in [6, 6.07) is 0.789. The second-order valence-electron chi connectivity index (χ2n) is 5.31. The van der Waals surface area contributed by atoms with Crippen molar-refractivity contribution in [1.82, 2.24) is 5.32 Å². The molecule has 0 aromatic heterocycles. The fraction of sp³-hybridized carbons (Fsp3) is 1.00. The van der Waals surface area contributed by atoms with E-state index in [2.05, 4.69) is 30.9 Å². The maximum Gasteiger partial charge on any atom is 0.0201 e. The molecule has 0 aromatic carbocycles. The SMILES string of the molecule is CCCCSC1CCCCCCC1NCCC. The van der Waals surface area contributed by atoms with Crippen LogP contribution in [-0.2, 0) is 0 Å². The second kappa shape index (κ2) is 10.3. The quantitative estimate of drug-likeness (QED) is 0.668. The molecule has 17 heavy (non-hydrogen) atoms. The molecule has 0 heterocycles. The third kappa shape index (κ3) is 6.71. The third-order valence-electron chi connectivity index (χ3n) is 3.69. The van der Waals surface area contributed by atoms with Crippen LogP contribution in [-0.4, -0.2) is 23.6 Å². The highest BCUT2D eigenvalue weighted by atomic mass is 32.2. The van der Waals surface area contributed by atoms with Gasteiger partial charge >= 0.3 is 0 Å². The van der Waals surface area contributed by atoms with Gasteiger partial charge in [0.2, 0.25) is 0 Å². The molecule has 1 aliphatic rings. The van der Waals surface area contributed by atoms with Crippen LogP contribution in [0.25, 0.3) is 0 Å². The van der Waals surface area contributed by atoms with Gasteiger partial charge in [0.25, 0.3) is 0 Å². The predicted octanol–water partition coefficient (Wildman–Crippen LogP) is 4.61. The average Bonchev–Trinajstić information content (AvgIpc) is 2.31. The van der Waals surface area contributed by atoms with E-state index in [9.17, 15) is 0 Å². The van der Waals surface area contributed by atoms with E-state index in [1.807, 2.05) is 0 Å². The Hall–Kier alpha value is 0.310. The summed E-state index contributed by atoms with van der Waals surface area (Å²) in [6.07, 6.45) is 12.7. The minimum Gasteiger partial charge on any atom is -0.313 e. The molecular weight excluding hydrogens is 226 g/mol. The fourth-order valence-electron chi connectivity index (χ4n) is 2.59. The van der Waals surface area contributed by atoms with E-state index in [0.717, 1.165) is 11.3 Å². The van der Waals surface area contributed by atoms with Crippen molar-refractivity contribution in [2.75, 3.05) is 12.3 Å². The van der Waals surface area contributed by atoms with Crippen LogP contribution in [0.4, 0.5) is 0 Å². The summed E-state index contributed by atoms with van der Waals surface area (Å²) >= 11 is 2.24. The highest BCUT2D eigenvalue weighted by Crippen LogP contribution is 2.28.